The number of nitrogens with zero attached hydrogens (tertiary/aromatic N) is 3. The number of anilines is 2. The third-order valence-corrected chi connectivity index (χ3v) is 7.23. The third kappa shape index (κ3) is 5.29. The zero-order valence-corrected chi connectivity index (χ0v) is 20.0. The molecular formula is C24H32ClN5S. The lowest BCUT2D eigenvalue weighted by Gasteiger charge is -2.34. The van der Waals surface area contributed by atoms with E-state index in [1.165, 1.54) is 37.7 Å². The van der Waals surface area contributed by atoms with E-state index in [1.54, 1.807) is 0 Å². The summed E-state index contributed by atoms with van der Waals surface area (Å²) >= 11 is 11.9. The van der Waals surface area contributed by atoms with Crippen LogP contribution in [0.25, 0.3) is 0 Å². The highest BCUT2D eigenvalue weighted by Crippen LogP contribution is 2.41. The molecule has 1 atom stereocenters. The molecule has 1 aliphatic heterocycles. The molecule has 1 saturated carbocycles. The van der Waals surface area contributed by atoms with Gasteiger partial charge in [0.25, 0.3) is 0 Å². The Labute approximate surface area is 196 Å². The van der Waals surface area contributed by atoms with Crippen molar-refractivity contribution in [3.63, 3.8) is 0 Å². The lowest BCUT2D eigenvalue weighted by Crippen LogP contribution is -2.41. The molecule has 4 rings (SSSR count). The monoisotopic (exact) mass is 457 g/mol. The van der Waals surface area contributed by atoms with Crippen molar-refractivity contribution in [2.75, 3.05) is 23.3 Å². The van der Waals surface area contributed by atoms with Gasteiger partial charge in [-0.05, 0) is 75.9 Å². The molecule has 0 spiro atoms. The first-order chi connectivity index (χ1) is 14.9. The number of piperidine rings is 1. The summed E-state index contributed by atoms with van der Waals surface area (Å²) in [4.78, 5) is 11.7. The Morgan fingerprint density at radius 3 is 2.74 bits per heavy atom. The van der Waals surface area contributed by atoms with E-state index in [2.05, 4.69) is 45.6 Å². The fourth-order valence-electron chi connectivity index (χ4n) is 5.03. The number of benzene rings is 1. The van der Waals surface area contributed by atoms with Crippen molar-refractivity contribution in [3.05, 3.63) is 46.6 Å². The SMILES string of the molecule is Cc1cc(N2CCCC[C@H]2C)nc(NC(=S)NCC2(c3cccc(Cl)c3)CCCC2)n1. The van der Waals surface area contributed by atoms with Gasteiger partial charge in [0.15, 0.2) is 5.11 Å². The first-order valence-electron chi connectivity index (χ1n) is 11.4. The summed E-state index contributed by atoms with van der Waals surface area (Å²) in [6, 6.07) is 10.8. The van der Waals surface area contributed by atoms with Gasteiger partial charge in [0, 0.05) is 41.3 Å². The van der Waals surface area contributed by atoms with Crippen molar-refractivity contribution in [2.45, 2.75) is 70.3 Å². The Morgan fingerprint density at radius 1 is 1.19 bits per heavy atom. The third-order valence-electron chi connectivity index (χ3n) is 6.75. The topological polar surface area (TPSA) is 53.1 Å². The molecule has 2 aromatic rings. The molecule has 5 nitrogen and oxygen atoms in total. The maximum absolute atomic E-state index is 6.28. The summed E-state index contributed by atoms with van der Waals surface area (Å²) in [5.41, 5.74) is 2.30. The fourth-order valence-corrected chi connectivity index (χ4v) is 5.38. The number of thiocarbonyl (C=S) groups is 1. The van der Waals surface area contributed by atoms with Gasteiger partial charge in [-0.3, -0.25) is 0 Å². The standard InChI is InChI=1S/C24H32ClN5S/c1-17-14-21(30-13-6-3-8-18(30)2)28-22(27-17)29-23(31)26-16-24(11-4-5-12-24)19-9-7-10-20(25)15-19/h7,9-10,14-15,18H,3-6,8,11-13,16H2,1-2H3,(H2,26,27,28,29,31)/t18-/m1/s1. The van der Waals surface area contributed by atoms with Crippen LogP contribution in [0.5, 0.6) is 0 Å². The first-order valence-corrected chi connectivity index (χ1v) is 12.2. The van der Waals surface area contributed by atoms with Gasteiger partial charge >= 0.3 is 0 Å². The molecule has 2 aliphatic rings. The Kier molecular flexibility index (Phi) is 6.97. The average molecular weight is 458 g/mol. The predicted molar refractivity (Wildman–Crippen MR) is 133 cm³/mol. The smallest absolute Gasteiger partial charge is 0.231 e. The van der Waals surface area contributed by atoms with E-state index in [9.17, 15) is 0 Å². The molecule has 7 heteroatoms. The average Bonchev–Trinajstić information content (AvgIpc) is 3.22. The number of nitrogens with one attached hydrogen (secondary N) is 2. The molecule has 2 heterocycles. The van der Waals surface area contributed by atoms with E-state index in [0.29, 0.717) is 17.1 Å². The second-order valence-electron chi connectivity index (χ2n) is 9.03. The molecule has 0 unspecified atom stereocenters. The number of rotatable bonds is 5. The van der Waals surface area contributed by atoms with Crippen molar-refractivity contribution in [1.82, 2.24) is 15.3 Å². The van der Waals surface area contributed by atoms with Crippen LogP contribution >= 0.6 is 23.8 Å². The predicted octanol–water partition coefficient (Wildman–Crippen LogP) is 5.62. The fraction of sp³-hybridized carbons (Fsp3) is 0.542. The van der Waals surface area contributed by atoms with Crippen LogP contribution in [0.2, 0.25) is 5.02 Å². The normalized spacial score (nSPS) is 20.5. The molecule has 0 radical (unpaired) electrons. The second kappa shape index (κ2) is 9.70. The second-order valence-corrected chi connectivity index (χ2v) is 9.88. The van der Waals surface area contributed by atoms with Gasteiger partial charge in [-0.1, -0.05) is 36.6 Å². The largest absolute Gasteiger partial charge is 0.361 e. The Hall–Kier alpha value is -1.92. The van der Waals surface area contributed by atoms with Crippen molar-refractivity contribution in [1.29, 1.82) is 0 Å². The molecule has 0 amide bonds. The Balaban J connectivity index is 1.44. The summed E-state index contributed by atoms with van der Waals surface area (Å²) in [5.74, 6) is 1.55. The van der Waals surface area contributed by atoms with Crippen LogP contribution in [0.15, 0.2) is 30.3 Å². The van der Waals surface area contributed by atoms with Crippen molar-refractivity contribution < 1.29 is 0 Å². The number of hydrogen-bond acceptors (Lipinski definition) is 4. The summed E-state index contributed by atoms with van der Waals surface area (Å²) in [5, 5.41) is 8.02. The molecule has 166 valence electrons. The molecule has 1 aliphatic carbocycles. The minimum atomic E-state index is 0.0680. The van der Waals surface area contributed by atoms with Crippen molar-refractivity contribution in [2.24, 2.45) is 0 Å². The molecular weight excluding hydrogens is 426 g/mol. The Morgan fingerprint density at radius 2 is 2.00 bits per heavy atom. The highest BCUT2D eigenvalue weighted by atomic mass is 35.5. The number of aromatic nitrogens is 2. The van der Waals surface area contributed by atoms with E-state index in [0.717, 1.165) is 42.5 Å². The zero-order valence-electron chi connectivity index (χ0n) is 18.5. The van der Waals surface area contributed by atoms with Crippen LogP contribution in [0.1, 0.15) is 63.1 Å². The van der Waals surface area contributed by atoms with Gasteiger partial charge in [0.1, 0.15) is 5.82 Å². The van der Waals surface area contributed by atoms with Crippen LogP contribution in [-0.2, 0) is 5.41 Å². The van der Waals surface area contributed by atoms with Crippen molar-refractivity contribution >= 4 is 40.7 Å². The van der Waals surface area contributed by atoms with E-state index in [4.69, 9.17) is 28.8 Å². The molecule has 1 aromatic heterocycles. The molecule has 1 aromatic carbocycles. The van der Waals surface area contributed by atoms with Gasteiger partial charge in [0.05, 0.1) is 0 Å². The van der Waals surface area contributed by atoms with Gasteiger partial charge in [-0.15, -0.1) is 0 Å². The minimum Gasteiger partial charge on any atom is -0.361 e. The number of aryl methyl sites for hydroxylation is 1. The first kappa shape index (κ1) is 22.3. The highest BCUT2D eigenvalue weighted by molar-refractivity contribution is 7.80. The van der Waals surface area contributed by atoms with Gasteiger partial charge in [-0.2, -0.15) is 4.98 Å². The highest BCUT2D eigenvalue weighted by Gasteiger charge is 2.35. The number of hydrogen-bond donors (Lipinski definition) is 2. The van der Waals surface area contributed by atoms with Crippen LogP contribution in [0.3, 0.4) is 0 Å². The summed E-state index contributed by atoms with van der Waals surface area (Å²) < 4.78 is 0. The summed E-state index contributed by atoms with van der Waals surface area (Å²) in [6.45, 7) is 6.10. The molecule has 31 heavy (non-hydrogen) atoms. The zero-order chi connectivity index (χ0) is 21.8. The maximum atomic E-state index is 6.28. The summed E-state index contributed by atoms with van der Waals surface area (Å²) in [6.07, 6.45) is 8.44. The Bertz CT molecular complexity index is 928. The maximum Gasteiger partial charge on any atom is 0.231 e. The van der Waals surface area contributed by atoms with Gasteiger partial charge in [0.2, 0.25) is 5.95 Å². The lowest BCUT2D eigenvalue weighted by molar-refractivity contribution is 0.435. The van der Waals surface area contributed by atoms with Crippen molar-refractivity contribution in [3.8, 4) is 0 Å². The van der Waals surface area contributed by atoms with Gasteiger partial charge in [-0.25, -0.2) is 4.98 Å². The quantitative estimate of drug-likeness (QED) is 0.568. The molecule has 1 saturated heterocycles. The summed E-state index contributed by atoms with van der Waals surface area (Å²) in [7, 11) is 0. The van der Waals surface area contributed by atoms with Crippen LogP contribution in [0, 0.1) is 6.92 Å². The van der Waals surface area contributed by atoms with E-state index in [1.807, 2.05) is 19.1 Å². The molecule has 0 bridgehead atoms. The van der Waals surface area contributed by atoms with Crippen LogP contribution < -0.4 is 15.5 Å². The van der Waals surface area contributed by atoms with E-state index in [-0.39, 0.29) is 5.41 Å². The molecule has 2 N–H and O–H groups in total. The van der Waals surface area contributed by atoms with Crippen LogP contribution in [0.4, 0.5) is 11.8 Å². The van der Waals surface area contributed by atoms with Crippen LogP contribution in [-0.4, -0.2) is 34.2 Å². The molecule has 2 fully saturated rings. The number of halogens is 1. The van der Waals surface area contributed by atoms with E-state index >= 15 is 0 Å². The van der Waals surface area contributed by atoms with Gasteiger partial charge < -0.3 is 15.5 Å². The van der Waals surface area contributed by atoms with E-state index < -0.39 is 0 Å². The minimum absolute atomic E-state index is 0.0680. The lowest BCUT2D eigenvalue weighted by atomic mass is 9.79.